The standard InChI is InChI=1S/C13H16F6O2/c1-2-20-7-21-11(12(14,15)16,13(17,18)19)10-6-8-3-4-9(10)5-8/h3-4,8-10H,2,5-7H2,1H3. The number of halogens is 6. The third kappa shape index (κ3) is 2.67. The van der Waals surface area contributed by atoms with E-state index in [-0.39, 0.29) is 18.9 Å². The third-order valence-corrected chi connectivity index (χ3v) is 4.22. The lowest BCUT2D eigenvalue weighted by Crippen LogP contribution is -2.64. The molecule has 3 unspecified atom stereocenters. The lowest BCUT2D eigenvalue weighted by Gasteiger charge is -2.43. The van der Waals surface area contributed by atoms with Crippen LogP contribution < -0.4 is 0 Å². The zero-order valence-corrected chi connectivity index (χ0v) is 11.3. The van der Waals surface area contributed by atoms with Crippen molar-refractivity contribution in [2.75, 3.05) is 13.4 Å². The molecular weight excluding hydrogens is 302 g/mol. The molecule has 0 aromatic carbocycles. The van der Waals surface area contributed by atoms with Gasteiger partial charge in [0, 0.05) is 12.5 Å². The van der Waals surface area contributed by atoms with Gasteiger partial charge in [-0.05, 0) is 31.6 Å². The van der Waals surface area contributed by atoms with Crippen LogP contribution in [-0.2, 0) is 9.47 Å². The molecule has 0 spiro atoms. The fourth-order valence-electron chi connectivity index (χ4n) is 3.32. The Morgan fingerprint density at radius 1 is 1.00 bits per heavy atom. The van der Waals surface area contributed by atoms with Crippen LogP contribution in [0.5, 0.6) is 0 Å². The van der Waals surface area contributed by atoms with Crippen LogP contribution in [0.4, 0.5) is 26.3 Å². The number of rotatable bonds is 5. The molecule has 1 fully saturated rings. The lowest BCUT2D eigenvalue weighted by molar-refractivity contribution is -0.411. The summed E-state index contributed by atoms with van der Waals surface area (Å²) in [6, 6.07) is 0. The Balaban J connectivity index is 2.38. The van der Waals surface area contributed by atoms with Crippen LogP contribution in [-0.4, -0.2) is 31.4 Å². The zero-order chi connectivity index (χ0) is 15.9. The van der Waals surface area contributed by atoms with Crippen LogP contribution in [0.15, 0.2) is 12.2 Å². The van der Waals surface area contributed by atoms with E-state index in [9.17, 15) is 26.3 Å². The van der Waals surface area contributed by atoms with E-state index in [2.05, 4.69) is 9.47 Å². The number of ether oxygens (including phenoxy) is 2. The van der Waals surface area contributed by atoms with Crippen LogP contribution in [0.3, 0.4) is 0 Å². The van der Waals surface area contributed by atoms with Gasteiger partial charge in [0.2, 0.25) is 0 Å². The van der Waals surface area contributed by atoms with E-state index in [1.807, 2.05) is 0 Å². The van der Waals surface area contributed by atoms with E-state index in [0.717, 1.165) is 0 Å². The summed E-state index contributed by atoms with van der Waals surface area (Å²) >= 11 is 0. The van der Waals surface area contributed by atoms with Gasteiger partial charge in [0.1, 0.15) is 6.79 Å². The molecule has 2 rings (SSSR count). The van der Waals surface area contributed by atoms with Crippen molar-refractivity contribution in [3.05, 3.63) is 12.2 Å². The topological polar surface area (TPSA) is 18.5 Å². The molecule has 2 nitrogen and oxygen atoms in total. The normalized spacial score (nSPS) is 29.4. The summed E-state index contributed by atoms with van der Waals surface area (Å²) < 4.78 is 89.0. The third-order valence-electron chi connectivity index (χ3n) is 4.22. The second-order valence-corrected chi connectivity index (χ2v) is 5.37. The van der Waals surface area contributed by atoms with Gasteiger partial charge in [0.25, 0.3) is 5.60 Å². The number of fused-ring (bicyclic) bond motifs is 2. The Bertz CT molecular complexity index is 386. The summed E-state index contributed by atoms with van der Waals surface area (Å²) in [7, 11) is 0. The SMILES string of the molecule is CCOCOC(C1CC2C=CC1C2)(C(F)(F)F)C(F)(F)F. The minimum absolute atomic E-state index is 0.0254. The van der Waals surface area contributed by atoms with E-state index < -0.39 is 36.6 Å². The number of hydrogen-bond acceptors (Lipinski definition) is 2. The largest absolute Gasteiger partial charge is 0.426 e. The first kappa shape index (κ1) is 16.6. The van der Waals surface area contributed by atoms with Gasteiger partial charge < -0.3 is 9.47 Å². The zero-order valence-electron chi connectivity index (χ0n) is 11.3. The first-order valence-electron chi connectivity index (χ1n) is 6.67. The van der Waals surface area contributed by atoms with Gasteiger partial charge in [-0.3, -0.25) is 0 Å². The minimum Gasteiger partial charge on any atom is -0.356 e. The van der Waals surface area contributed by atoms with Gasteiger partial charge in [-0.25, -0.2) is 0 Å². The first-order valence-corrected chi connectivity index (χ1v) is 6.67. The Hall–Kier alpha value is -0.760. The Kier molecular flexibility index (Phi) is 4.32. The second kappa shape index (κ2) is 5.46. The van der Waals surface area contributed by atoms with Crippen LogP contribution in [0.25, 0.3) is 0 Å². The maximum absolute atomic E-state index is 13.4. The Morgan fingerprint density at radius 2 is 1.62 bits per heavy atom. The summed E-state index contributed by atoms with van der Waals surface area (Å²) in [6.07, 6.45) is -7.84. The van der Waals surface area contributed by atoms with E-state index >= 15 is 0 Å². The molecule has 21 heavy (non-hydrogen) atoms. The molecule has 0 amide bonds. The average molecular weight is 318 g/mol. The fraction of sp³-hybridized carbons (Fsp3) is 0.846. The molecule has 3 atom stereocenters. The molecule has 0 radical (unpaired) electrons. The molecule has 0 aliphatic heterocycles. The highest BCUT2D eigenvalue weighted by Crippen LogP contribution is 2.59. The molecule has 0 saturated heterocycles. The lowest BCUT2D eigenvalue weighted by atomic mass is 9.77. The maximum atomic E-state index is 13.4. The molecule has 122 valence electrons. The van der Waals surface area contributed by atoms with Crippen molar-refractivity contribution in [3.8, 4) is 0 Å². The van der Waals surface area contributed by atoms with E-state index in [1.165, 1.54) is 13.0 Å². The quantitative estimate of drug-likeness (QED) is 0.329. The predicted octanol–water partition coefficient (Wildman–Crippen LogP) is 4.07. The highest BCUT2D eigenvalue weighted by atomic mass is 19.4. The molecule has 2 aliphatic rings. The van der Waals surface area contributed by atoms with E-state index in [0.29, 0.717) is 6.42 Å². The van der Waals surface area contributed by atoms with Crippen molar-refractivity contribution in [1.82, 2.24) is 0 Å². The van der Waals surface area contributed by atoms with Gasteiger partial charge in [0.15, 0.2) is 0 Å². The van der Waals surface area contributed by atoms with Crippen molar-refractivity contribution in [2.24, 2.45) is 17.8 Å². The van der Waals surface area contributed by atoms with E-state index in [4.69, 9.17) is 0 Å². The van der Waals surface area contributed by atoms with Crippen molar-refractivity contribution in [2.45, 2.75) is 37.7 Å². The van der Waals surface area contributed by atoms with Crippen LogP contribution in [0.1, 0.15) is 19.8 Å². The molecule has 2 bridgehead atoms. The van der Waals surface area contributed by atoms with Gasteiger partial charge in [-0.1, -0.05) is 12.2 Å². The van der Waals surface area contributed by atoms with Crippen molar-refractivity contribution in [3.63, 3.8) is 0 Å². The molecule has 8 heteroatoms. The van der Waals surface area contributed by atoms with Gasteiger partial charge in [0.05, 0.1) is 0 Å². The molecule has 0 aromatic rings. The van der Waals surface area contributed by atoms with Gasteiger partial charge in [-0.2, -0.15) is 26.3 Å². The molecule has 1 saturated carbocycles. The average Bonchev–Trinajstić information content (AvgIpc) is 2.93. The predicted molar refractivity (Wildman–Crippen MR) is 61.3 cm³/mol. The molecular formula is C13H16F6O2. The summed E-state index contributed by atoms with van der Waals surface area (Å²) in [6.45, 7) is 0.405. The highest BCUT2D eigenvalue weighted by Gasteiger charge is 2.77. The summed E-state index contributed by atoms with van der Waals surface area (Å²) in [5, 5.41) is 0. The molecule has 0 aromatic heterocycles. The second-order valence-electron chi connectivity index (χ2n) is 5.37. The summed E-state index contributed by atoms with van der Waals surface area (Å²) in [5.41, 5.74) is -4.17. The monoisotopic (exact) mass is 318 g/mol. The highest BCUT2D eigenvalue weighted by molar-refractivity contribution is 5.17. The van der Waals surface area contributed by atoms with Gasteiger partial charge >= 0.3 is 12.4 Å². The number of alkyl halides is 6. The Morgan fingerprint density at radius 3 is 2.00 bits per heavy atom. The summed E-state index contributed by atoms with van der Waals surface area (Å²) in [5.74, 6) is -2.66. The maximum Gasteiger partial charge on any atom is 0.426 e. The van der Waals surface area contributed by atoms with Crippen molar-refractivity contribution >= 4 is 0 Å². The van der Waals surface area contributed by atoms with Crippen LogP contribution in [0.2, 0.25) is 0 Å². The number of allylic oxidation sites excluding steroid dienone is 2. The Labute approximate surface area is 118 Å². The molecule has 0 N–H and O–H groups in total. The molecule has 2 aliphatic carbocycles. The molecule has 0 heterocycles. The van der Waals surface area contributed by atoms with E-state index in [1.54, 1.807) is 6.08 Å². The first-order chi connectivity index (χ1) is 9.63. The van der Waals surface area contributed by atoms with Crippen molar-refractivity contribution < 1.29 is 35.8 Å². The van der Waals surface area contributed by atoms with Crippen molar-refractivity contribution in [1.29, 1.82) is 0 Å². The number of hydrogen-bond donors (Lipinski definition) is 0. The smallest absolute Gasteiger partial charge is 0.356 e. The fourth-order valence-corrected chi connectivity index (χ4v) is 3.32. The van der Waals surface area contributed by atoms with Gasteiger partial charge in [-0.15, -0.1) is 0 Å². The minimum atomic E-state index is -5.55. The van der Waals surface area contributed by atoms with Crippen LogP contribution in [0, 0.1) is 17.8 Å². The van der Waals surface area contributed by atoms with Crippen LogP contribution >= 0.6 is 0 Å². The summed E-state index contributed by atoms with van der Waals surface area (Å²) in [4.78, 5) is 0.